The Bertz CT molecular complexity index is 605. The molecule has 0 unspecified atom stereocenters. The summed E-state index contributed by atoms with van der Waals surface area (Å²) in [5.74, 6) is -0.375. The van der Waals surface area contributed by atoms with E-state index in [9.17, 15) is 4.39 Å². The summed E-state index contributed by atoms with van der Waals surface area (Å²) in [4.78, 5) is 0. The van der Waals surface area contributed by atoms with Crippen LogP contribution in [-0.4, -0.2) is 0 Å². The largest absolute Gasteiger partial charge is 0.397 e. The van der Waals surface area contributed by atoms with Crippen LogP contribution in [0.25, 0.3) is 0 Å². The highest BCUT2D eigenvalue weighted by molar-refractivity contribution is 9.10. The maximum absolute atomic E-state index is 13.4. The van der Waals surface area contributed by atoms with E-state index in [1.165, 1.54) is 12.1 Å². The second-order valence-corrected chi connectivity index (χ2v) is 5.72. The predicted molar refractivity (Wildman–Crippen MR) is 80.9 cm³/mol. The molecule has 3 N–H and O–H groups in total. The fourth-order valence-corrected chi connectivity index (χ4v) is 2.26. The molecule has 94 valence electrons. The summed E-state index contributed by atoms with van der Waals surface area (Å²) in [6, 6.07) is 8.16. The highest BCUT2D eigenvalue weighted by atomic mass is 79.9. The minimum atomic E-state index is -0.375. The lowest BCUT2D eigenvalue weighted by Gasteiger charge is -2.11. The molecule has 0 amide bonds. The van der Waals surface area contributed by atoms with Crippen molar-refractivity contribution in [3.05, 3.63) is 50.1 Å². The molecule has 0 heterocycles. The van der Waals surface area contributed by atoms with Crippen molar-refractivity contribution in [1.29, 1.82) is 0 Å². The normalized spacial score (nSPS) is 10.4. The lowest BCUT2D eigenvalue weighted by Crippen LogP contribution is -1.97. The molecule has 0 saturated heterocycles. The Hall–Kier alpha value is -0.780. The van der Waals surface area contributed by atoms with Gasteiger partial charge in [-0.3, -0.25) is 0 Å². The van der Waals surface area contributed by atoms with E-state index in [1.807, 2.05) is 0 Å². The topological polar surface area (TPSA) is 38.0 Å². The van der Waals surface area contributed by atoms with Gasteiger partial charge in [-0.05, 0) is 56.1 Å². The van der Waals surface area contributed by atoms with Gasteiger partial charge in [0, 0.05) is 16.2 Å². The van der Waals surface area contributed by atoms with Gasteiger partial charge in [-0.2, -0.15) is 0 Å². The Balaban J connectivity index is 2.34. The first-order valence-corrected chi connectivity index (χ1v) is 6.90. The minimum absolute atomic E-state index is 0.336. The number of nitrogens with one attached hydrogen (secondary N) is 1. The third kappa shape index (κ3) is 2.96. The van der Waals surface area contributed by atoms with Gasteiger partial charge < -0.3 is 11.1 Å². The smallest absolute Gasteiger partial charge is 0.139 e. The molecule has 0 aliphatic heterocycles. The third-order valence-electron chi connectivity index (χ3n) is 2.29. The van der Waals surface area contributed by atoms with E-state index < -0.39 is 0 Å². The summed E-state index contributed by atoms with van der Waals surface area (Å²) in [7, 11) is 0. The van der Waals surface area contributed by atoms with Crippen LogP contribution in [0, 0.1) is 5.82 Å². The van der Waals surface area contributed by atoms with Gasteiger partial charge >= 0.3 is 0 Å². The molecule has 2 nitrogen and oxygen atoms in total. The van der Waals surface area contributed by atoms with Gasteiger partial charge in [-0.15, -0.1) is 0 Å². The molecule has 18 heavy (non-hydrogen) atoms. The fraction of sp³-hybridized carbons (Fsp3) is 0. The van der Waals surface area contributed by atoms with Crippen LogP contribution in [0.5, 0.6) is 0 Å². The Morgan fingerprint density at radius 3 is 2.50 bits per heavy atom. The van der Waals surface area contributed by atoms with Crippen molar-refractivity contribution in [2.24, 2.45) is 0 Å². The lowest BCUT2D eigenvalue weighted by molar-refractivity contribution is 0.622. The van der Waals surface area contributed by atoms with Crippen molar-refractivity contribution >= 4 is 60.5 Å². The van der Waals surface area contributed by atoms with Crippen molar-refractivity contribution in [1.82, 2.24) is 0 Å². The average Bonchev–Trinajstić information content (AvgIpc) is 2.31. The van der Waals surface area contributed by atoms with E-state index in [1.54, 1.807) is 18.2 Å². The van der Waals surface area contributed by atoms with E-state index >= 15 is 0 Å². The van der Waals surface area contributed by atoms with Crippen LogP contribution in [0.1, 0.15) is 0 Å². The molecular weight excluding hydrogens is 386 g/mol. The summed E-state index contributed by atoms with van der Waals surface area (Å²) in [5.41, 5.74) is 7.53. The van der Waals surface area contributed by atoms with Crippen molar-refractivity contribution in [2.45, 2.75) is 0 Å². The monoisotopic (exact) mass is 392 g/mol. The molecule has 2 aromatic rings. The average molecular weight is 394 g/mol. The van der Waals surface area contributed by atoms with Gasteiger partial charge in [-0.25, -0.2) is 4.39 Å². The number of nitrogen functional groups attached to an aromatic ring is 1. The summed E-state index contributed by atoms with van der Waals surface area (Å²) >= 11 is 12.3. The molecule has 0 bridgehead atoms. The molecule has 0 spiro atoms. The molecule has 6 heteroatoms. The quantitative estimate of drug-likeness (QED) is 0.676. The number of anilines is 3. The van der Waals surface area contributed by atoms with E-state index in [0.717, 1.165) is 10.2 Å². The van der Waals surface area contributed by atoms with Crippen molar-refractivity contribution in [2.75, 3.05) is 11.1 Å². The summed E-state index contributed by atoms with van der Waals surface area (Å²) in [6.07, 6.45) is 0. The Morgan fingerprint density at radius 1 is 1.11 bits per heavy atom. The number of nitrogens with two attached hydrogens (primary N) is 1. The molecule has 2 aromatic carbocycles. The van der Waals surface area contributed by atoms with E-state index in [-0.39, 0.29) is 5.82 Å². The first-order chi connectivity index (χ1) is 8.47. The minimum Gasteiger partial charge on any atom is -0.397 e. The first kappa shape index (κ1) is 13.6. The van der Waals surface area contributed by atoms with Gasteiger partial charge in [0.1, 0.15) is 5.82 Å². The molecule has 2 rings (SSSR count). The molecule has 0 fully saturated rings. The zero-order chi connectivity index (χ0) is 13.3. The molecule has 0 aliphatic rings. The van der Waals surface area contributed by atoms with Crippen molar-refractivity contribution < 1.29 is 4.39 Å². The zero-order valence-corrected chi connectivity index (χ0v) is 12.9. The van der Waals surface area contributed by atoms with Gasteiger partial charge in [0.15, 0.2) is 0 Å². The first-order valence-electron chi connectivity index (χ1n) is 4.94. The molecule has 0 radical (unpaired) electrons. The van der Waals surface area contributed by atoms with Crippen LogP contribution in [-0.2, 0) is 0 Å². The number of hydrogen-bond acceptors (Lipinski definition) is 2. The van der Waals surface area contributed by atoms with Crippen LogP contribution < -0.4 is 11.1 Å². The second kappa shape index (κ2) is 5.47. The van der Waals surface area contributed by atoms with Crippen LogP contribution >= 0.6 is 43.5 Å². The maximum atomic E-state index is 13.4. The highest BCUT2D eigenvalue weighted by Gasteiger charge is 2.07. The molecule has 0 atom stereocenters. The Kier molecular flexibility index (Phi) is 4.14. The third-order valence-corrected chi connectivity index (χ3v) is 4.11. The van der Waals surface area contributed by atoms with E-state index in [0.29, 0.717) is 20.9 Å². The van der Waals surface area contributed by atoms with Crippen LogP contribution in [0.4, 0.5) is 21.5 Å². The summed E-state index contributed by atoms with van der Waals surface area (Å²) < 4.78 is 14.5. The van der Waals surface area contributed by atoms with Crippen molar-refractivity contribution in [3.8, 4) is 0 Å². The Labute approximate surface area is 126 Å². The van der Waals surface area contributed by atoms with Crippen molar-refractivity contribution in [3.63, 3.8) is 0 Å². The van der Waals surface area contributed by atoms with Gasteiger partial charge in [0.05, 0.1) is 20.9 Å². The number of hydrogen-bond donors (Lipinski definition) is 2. The molecule has 0 aromatic heterocycles. The lowest BCUT2D eigenvalue weighted by atomic mass is 10.2. The number of rotatable bonds is 2. The SMILES string of the molecule is Nc1cc(Br)c(F)cc1Nc1ccc(Cl)c(Br)c1. The molecule has 0 aliphatic carbocycles. The molecular formula is C12H8Br2ClFN2. The summed E-state index contributed by atoms with van der Waals surface area (Å²) in [5, 5.41) is 3.64. The van der Waals surface area contributed by atoms with Gasteiger partial charge in [0.2, 0.25) is 0 Å². The predicted octanol–water partition coefficient (Wildman–Crippen LogP) is 5.33. The number of benzene rings is 2. The zero-order valence-electron chi connectivity index (χ0n) is 8.98. The van der Waals surface area contributed by atoms with E-state index in [4.69, 9.17) is 17.3 Å². The fourth-order valence-electron chi connectivity index (χ4n) is 1.40. The standard InChI is InChI=1S/C12H8Br2ClFN2/c13-7-3-6(1-2-9(7)15)18-12-5-10(16)8(14)4-11(12)17/h1-5,18H,17H2. The molecule has 0 saturated carbocycles. The van der Waals surface area contributed by atoms with Crippen LogP contribution in [0.2, 0.25) is 5.02 Å². The van der Waals surface area contributed by atoms with Gasteiger partial charge in [-0.1, -0.05) is 11.6 Å². The maximum Gasteiger partial charge on any atom is 0.139 e. The van der Waals surface area contributed by atoms with Crippen LogP contribution in [0.15, 0.2) is 39.3 Å². The second-order valence-electron chi connectivity index (χ2n) is 3.61. The van der Waals surface area contributed by atoms with Crippen LogP contribution in [0.3, 0.4) is 0 Å². The summed E-state index contributed by atoms with van der Waals surface area (Å²) in [6.45, 7) is 0. The Morgan fingerprint density at radius 2 is 1.83 bits per heavy atom. The number of halogens is 4. The van der Waals surface area contributed by atoms with E-state index in [2.05, 4.69) is 37.2 Å². The van der Waals surface area contributed by atoms with Gasteiger partial charge in [0.25, 0.3) is 0 Å². The highest BCUT2D eigenvalue weighted by Crippen LogP contribution is 2.31.